The van der Waals surface area contributed by atoms with Gasteiger partial charge in [-0.3, -0.25) is 9.67 Å². The maximum atomic E-state index is 6.26. The summed E-state index contributed by atoms with van der Waals surface area (Å²) in [5.74, 6) is 0. The van der Waals surface area contributed by atoms with Gasteiger partial charge in [0.25, 0.3) is 0 Å². The number of halogens is 1. The Hall–Kier alpha value is -1.20. The van der Waals surface area contributed by atoms with E-state index in [4.69, 9.17) is 5.73 Å². The summed E-state index contributed by atoms with van der Waals surface area (Å²) < 4.78 is 3.10. The van der Waals surface area contributed by atoms with Crippen LogP contribution in [0, 0.1) is 6.92 Å². The Morgan fingerprint density at radius 1 is 1.32 bits per heavy atom. The minimum absolute atomic E-state index is 0.0834. The summed E-state index contributed by atoms with van der Waals surface area (Å²) in [5, 5.41) is 4.49. The Kier molecular flexibility index (Phi) is 4.71. The van der Waals surface area contributed by atoms with Crippen LogP contribution in [0.1, 0.15) is 23.9 Å². The molecular weight excluding hydrogens is 304 g/mol. The highest BCUT2D eigenvalue weighted by Crippen LogP contribution is 2.22. The van der Waals surface area contributed by atoms with Crippen LogP contribution in [0.5, 0.6) is 0 Å². The van der Waals surface area contributed by atoms with Crippen molar-refractivity contribution in [3.8, 4) is 0 Å². The molecule has 1 atom stereocenters. The van der Waals surface area contributed by atoms with Crippen molar-refractivity contribution in [1.82, 2.24) is 14.8 Å². The Labute approximate surface area is 122 Å². The Morgan fingerprint density at radius 2 is 2.00 bits per heavy atom. The number of rotatable bonds is 5. The van der Waals surface area contributed by atoms with E-state index in [1.807, 2.05) is 23.7 Å². The minimum Gasteiger partial charge on any atom is -0.327 e. The van der Waals surface area contributed by atoms with Crippen molar-refractivity contribution in [1.29, 1.82) is 0 Å². The molecule has 0 fully saturated rings. The Bertz CT molecular complexity index is 536. The van der Waals surface area contributed by atoms with E-state index in [0.29, 0.717) is 0 Å². The second kappa shape index (κ2) is 6.30. The van der Waals surface area contributed by atoms with Crippen LogP contribution in [0.2, 0.25) is 0 Å². The molecule has 2 N–H and O–H groups in total. The molecule has 0 aliphatic rings. The molecule has 0 saturated heterocycles. The van der Waals surface area contributed by atoms with E-state index >= 15 is 0 Å². The van der Waals surface area contributed by atoms with Crippen molar-refractivity contribution in [3.63, 3.8) is 0 Å². The maximum absolute atomic E-state index is 6.26. The van der Waals surface area contributed by atoms with Gasteiger partial charge in [0.1, 0.15) is 0 Å². The van der Waals surface area contributed by atoms with Crippen LogP contribution in [0.25, 0.3) is 0 Å². The molecule has 102 valence electrons. The largest absolute Gasteiger partial charge is 0.327 e. The molecule has 0 radical (unpaired) electrons. The Morgan fingerprint density at radius 3 is 2.63 bits per heavy atom. The quantitative estimate of drug-likeness (QED) is 0.920. The van der Waals surface area contributed by atoms with Gasteiger partial charge < -0.3 is 5.73 Å². The van der Waals surface area contributed by atoms with Gasteiger partial charge in [-0.15, -0.1) is 0 Å². The second-order valence-electron chi connectivity index (χ2n) is 4.69. The number of hydrogen-bond donors (Lipinski definition) is 1. The van der Waals surface area contributed by atoms with Crippen molar-refractivity contribution >= 4 is 15.9 Å². The zero-order valence-electron chi connectivity index (χ0n) is 11.3. The fourth-order valence-corrected chi connectivity index (χ4v) is 2.65. The van der Waals surface area contributed by atoms with Crippen LogP contribution < -0.4 is 5.73 Å². The second-order valence-corrected chi connectivity index (χ2v) is 5.48. The van der Waals surface area contributed by atoms with Gasteiger partial charge in [0, 0.05) is 31.4 Å². The zero-order valence-corrected chi connectivity index (χ0v) is 12.9. The number of nitrogens with two attached hydrogens (primary N) is 1. The third-order valence-electron chi connectivity index (χ3n) is 3.16. The summed E-state index contributed by atoms with van der Waals surface area (Å²) in [6.45, 7) is 4.97. The fraction of sp³-hybridized carbons (Fsp3) is 0.429. The first kappa shape index (κ1) is 14.2. The topological polar surface area (TPSA) is 56.7 Å². The molecule has 0 amide bonds. The normalized spacial score (nSPS) is 12.6. The highest BCUT2D eigenvalue weighted by atomic mass is 79.9. The van der Waals surface area contributed by atoms with Crippen LogP contribution in [0.15, 0.2) is 29.0 Å². The monoisotopic (exact) mass is 322 g/mol. The molecule has 19 heavy (non-hydrogen) atoms. The molecule has 2 heterocycles. The summed E-state index contributed by atoms with van der Waals surface area (Å²) in [5.41, 5.74) is 9.68. The van der Waals surface area contributed by atoms with Crippen LogP contribution >= 0.6 is 15.9 Å². The predicted octanol–water partition coefficient (Wildman–Crippen LogP) is 2.48. The molecule has 0 aromatic carbocycles. The lowest BCUT2D eigenvalue weighted by molar-refractivity contribution is 0.573. The lowest BCUT2D eigenvalue weighted by atomic mass is 10.0. The van der Waals surface area contributed by atoms with Gasteiger partial charge in [0.05, 0.1) is 15.9 Å². The predicted molar refractivity (Wildman–Crippen MR) is 80.0 cm³/mol. The fourth-order valence-electron chi connectivity index (χ4n) is 2.21. The van der Waals surface area contributed by atoms with E-state index < -0.39 is 0 Å². The number of aromatic nitrogens is 3. The minimum atomic E-state index is 0.0834. The highest BCUT2D eigenvalue weighted by molar-refractivity contribution is 9.10. The molecule has 0 aliphatic heterocycles. The standard InChI is InChI=1S/C14H19BrN4/c1-3-19-13(14(15)10(2)18-19)9-12(16)8-11-4-6-17-7-5-11/h4-7,12H,3,8-9,16H2,1-2H3. The van der Waals surface area contributed by atoms with Crippen LogP contribution in [-0.2, 0) is 19.4 Å². The molecule has 1 unspecified atom stereocenters. The van der Waals surface area contributed by atoms with E-state index in [2.05, 4.69) is 32.9 Å². The van der Waals surface area contributed by atoms with Crippen molar-refractivity contribution in [2.45, 2.75) is 39.3 Å². The third kappa shape index (κ3) is 3.42. The molecule has 0 saturated carbocycles. The van der Waals surface area contributed by atoms with E-state index in [0.717, 1.165) is 29.6 Å². The van der Waals surface area contributed by atoms with Crippen molar-refractivity contribution in [2.24, 2.45) is 5.73 Å². The van der Waals surface area contributed by atoms with Gasteiger partial charge in [0.15, 0.2) is 0 Å². The summed E-state index contributed by atoms with van der Waals surface area (Å²) in [7, 11) is 0. The molecule has 0 spiro atoms. The van der Waals surface area contributed by atoms with Gasteiger partial charge in [-0.2, -0.15) is 5.10 Å². The smallest absolute Gasteiger partial charge is 0.0738 e. The van der Waals surface area contributed by atoms with E-state index in [-0.39, 0.29) is 6.04 Å². The summed E-state index contributed by atoms with van der Waals surface area (Å²) in [6, 6.07) is 4.11. The molecule has 0 bridgehead atoms. The number of hydrogen-bond acceptors (Lipinski definition) is 3. The lowest BCUT2D eigenvalue weighted by Gasteiger charge is -2.13. The molecule has 2 aromatic rings. The van der Waals surface area contributed by atoms with Crippen molar-refractivity contribution in [3.05, 3.63) is 46.0 Å². The number of nitrogens with zero attached hydrogens (tertiary/aromatic N) is 3. The molecule has 0 aliphatic carbocycles. The Balaban J connectivity index is 2.09. The lowest BCUT2D eigenvalue weighted by Crippen LogP contribution is -2.27. The molecule has 2 aromatic heterocycles. The molecule has 4 nitrogen and oxygen atoms in total. The van der Waals surface area contributed by atoms with Gasteiger partial charge >= 0.3 is 0 Å². The van der Waals surface area contributed by atoms with Gasteiger partial charge in [0.2, 0.25) is 0 Å². The first-order valence-corrected chi connectivity index (χ1v) is 7.27. The van der Waals surface area contributed by atoms with Crippen molar-refractivity contribution in [2.75, 3.05) is 0 Å². The zero-order chi connectivity index (χ0) is 13.8. The highest BCUT2D eigenvalue weighted by Gasteiger charge is 2.15. The first-order valence-electron chi connectivity index (χ1n) is 6.48. The first-order chi connectivity index (χ1) is 9.11. The van der Waals surface area contributed by atoms with Crippen LogP contribution in [0.4, 0.5) is 0 Å². The van der Waals surface area contributed by atoms with E-state index in [1.54, 1.807) is 12.4 Å². The van der Waals surface area contributed by atoms with Crippen LogP contribution in [0.3, 0.4) is 0 Å². The van der Waals surface area contributed by atoms with Gasteiger partial charge in [-0.25, -0.2) is 0 Å². The van der Waals surface area contributed by atoms with E-state index in [9.17, 15) is 0 Å². The SMILES string of the molecule is CCn1nc(C)c(Br)c1CC(N)Cc1ccncc1. The summed E-state index contributed by atoms with van der Waals surface area (Å²) >= 11 is 3.61. The molecular formula is C14H19BrN4. The van der Waals surface area contributed by atoms with Crippen LogP contribution in [-0.4, -0.2) is 20.8 Å². The third-order valence-corrected chi connectivity index (χ3v) is 4.19. The van der Waals surface area contributed by atoms with Gasteiger partial charge in [-0.05, 0) is 53.9 Å². The van der Waals surface area contributed by atoms with E-state index in [1.165, 1.54) is 11.3 Å². The maximum Gasteiger partial charge on any atom is 0.0738 e. The molecule has 5 heteroatoms. The van der Waals surface area contributed by atoms with Crippen molar-refractivity contribution < 1.29 is 0 Å². The summed E-state index contributed by atoms with van der Waals surface area (Å²) in [6.07, 6.45) is 5.28. The summed E-state index contributed by atoms with van der Waals surface area (Å²) in [4.78, 5) is 4.02. The van der Waals surface area contributed by atoms with Gasteiger partial charge in [-0.1, -0.05) is 0 Å². The number of aryl methyl sites for hydroxylation is 2. The average molecular weight is 323 g/mol. The average Bonchev–Trinajstić information content (AvgIpc) is 2.67. The molecule has 2 rings (SSSR count). The number of pyridine rings is 1.